The molecule has 0 bridgehead atoms. The highest BCUT2D eigenvalue weighted by Crippen LogP contribution is 2.21. The second-order valence-electron chi connectivity index (χ2n) is 7.12. The Hall–Kier alpha value is -2.74. The molecule has 2 aromatic rings. The SMILES string of the molecule is CCOc1ccc(NS(=O)(=O)c2ccc(OCC(=O)NC(C)(C)C)cc2)cc1. The highest BCUT2D eigenvalue weighted by molar-refractivity contribution is 7.92. The third-order valence-electron chi connectivity index (χ3n) is 3.44. The van der Waals surface area contributed by atoms with Crippen LogP contribution in [0.25, 0.3) is 0 Å². The highest BCUT2D eigenvalue weighted by atomic mass is 32.2. The first-order chi connectivity index (χ1) is 13.1. The van der Waals surface area contributed by atoms with Gasteiger partial charge in [-0.25, -0.2) is 8.42 Å². The van der Waals surface area contributed by atoms with Crippen LogP contribution in [0.2, 0.25) is 0 Å². The molecule has 152 valence electrons. The van der Waals surface area contributed by atoms with Gasteiger partial charge in [0, 0.05) is 11.2 Å². The van der Waals surface area contributed by atoms with E-state index in [4.69, 9.17) is 9.47 Å². The molecule has 0 spiro atoms. The van der Waals surface area contributed by atoms with Crippen molar-refractivity contribution in [1.82, 2.24) is 5.32 Å². The van der Waals surface area contributed by atoms with Crippen LogP contribution in [0, 0.1) is 0 Å². The van der Waals surface area contributed by atoms with Crippen molar-refractivity contribution in [3.63, 3.8) is 0 Å². The molecular formula is C20H26N2O5S. The van der Waals surface area contributed by atoms with Gasteiger partial charge in [0.1, 0.15) is 11.5 Å². The van der Waals surface area contributed by atoms with Crippen LogP contribution in [0.4, 0.5) is 5.69 Å². The molecule has 0 saturated carbocycles. The summed E-state index contributed by atoms with van der Waals surface area (Å²) in [5.41, 5.74) is 0.0906. The summed E-state index contributed by atoms with van der Waals surface area (Å²) >= 11 is 0. The molecule has 0 radical (unpaired) electrons. The van der Waals surface area contributed by atoms with Crippen LogP contribution in [0.15, 0.2) is 53.4 Å². The molecule has 0 aliphatic heterocycles. The molecule has 2 aromatic carbocycles. The first kappa shape index (κ1) is 21.6. The third-order valence-corrected chi connectivity index (χ3v) is 4.83. The molecule has 0 aliphatic rings. The summed E-state index contributed by atoms with van der Waals surface area (Å²) in [6.45, 7) is 7.90. The van der Waals surface area contributed by atoms with Crippen molar-refractivity contribution in [2.24, 2.45) is 0 Å². The van der Waals surface area contributed by atoms with Gasteiger partial charge in [-0.3, -0.25) is 9.52 Å². The fraction of sp³-hybridized carbons (Fsp3) is 0.350. The maximum absolute atomic E-state index is 12.5. The molecule has 8 heteroatoms. The lowest BCUT2D eigenvalue weighted by molar-refractivity contribution is -0.124. The minimum Gasteiger partial charge on any atom is -0.494 e. The van der Waals surface area contributed by atoms with Crippen molar-refractivity contribution in [2.45, 2.75) is 38.1 Å². The van der Waals surface area contributed by atoms with E-state index >= 15 is 0 Å². The normalized spacial score (nSPS) is 11.6. The molecular weight excluding hydrogens is 380 g/mol. The van der Waals surface area contributed by atoms with E-state index in [9.17, 15) is 13.2 Å². The number of hydrogen-bond acceptors (Lipinski definition) is 5. The number of sulfonamides is 1. The molecule has 0 saturated heterocycles. The number of anilines is 1. The zero-order valence-corrected chi connectivity index (χ0v) is 17.3. The van der Waals surface area contributed by atoms with Crippen molar-refractivity contribution in [3.05, 3.63) is 48.5 Å². The second-order valence-corrected chi connectivity index (χ2v) is 8.80. The minimum absolute atomic E-state index is 0.0906. The standard InChI is InChI=1S/C20H26N2O5S/c1-5-26-16-8-6-15(7-9-16)22-28(24,25)18-12-10-17(11-13-18)27-14-19(23)21-20(2,3)4/h6-13,22H,5,14H2,1-4H3,(H,21,23). The molecule has 2 rings (SSSR count). The van der Waals surface area contributed by atoms with Crippen molar-refractivity contribution >= 4 is 21.6 Å². The Labute approximate surface area is 166 Å². The van der Waals surface area contributed by atoms with Crippen LogP contribution < -0.4 is 19.5 Å². The minimum atomic E-state index is -3.74. The summed E-state index contributed by atoms with van der Waals surface area (Å²) < 4.78 is 38.2. The van der Waals surface area contributed by atoms with E-state index in [-0.39, 0.29) is 22.9 Å². The Kier molecular flexibility index (Phi) is 6.90. The van der Waals surface area contributed by atoms with Crippen molar-refractivity contribution in [3.8, 4) is 11.5 Å². The number of hydrogen-bond donors (Lipinski definition) is 2. The zero-order valence-electron chi connectivity index (χ0n) is 16.5. The number of carbonyl (C=O) groups is 1. The predicted octanol–water partition coefficient (Wildman–Crippen LogP) is 3.18. The monoisotopic (exact) mass is 406 g/mol. The van der Waals surface area contributed by atoms with Gasteiger partial charge >= 0.3 is 0 Å². The van der Waals surface area contributed by atoms with Gasteiger partial charge in [0.05, 0.1) is 11.5 Å². The lowest BCUT2D eigenvalue weighted by atomic mass is 10.1. The quantitative estimate of drug-likeness (QED) is 0.702. The predicted molar refractivity (Wildman–Crippen MR) is 108 cm³/mol. The van der Waals surface area contributed by atoms with Crippen LogP contribution in [-0.4, -0.2) is 33.1 Å². The van der Waals surface area contributed by atoms with Crippen LogP contribution in [0.1, 0.15) is 27.7 Å². The average Bonchev–Trinajstić information content (AvgIpc) is 2.61. The lowest BCUT2D eigenvalue weighted by Gasteiger charge is -2.20. The Balaban J connectivity index is 1.98. The largest absolute Gasteiger partial charge is 0.494 e. The Morgan fingerprint density at radius 3 is 2.00 bits per heavy atom. The van der Waals surface area contributed by atoms with Gasteiger partial charge in [-0.15, -0.1) is 0 Å². The van der Waals surface area contributed by atoms with E-state index in [2.05, 4.69) is 10.0 Å². The van der Waals surface area contributed by atoms with Gasteiger partial charge in [-0.1, -0.05) is 0 Å². The Morgan fingerprint density at radius 1 is 0.929 bits per heavy atom. The summed E-state index contributed by atoms with van der Waals surface area (Å²) in [6, 6.07) is 12.5. The van der Waals surface area contributed by atoms with Crippen molar-refractivity contribution in [2.75, 3.05) is 17.9 Å². The molecule has 0 atom stereocenters. The van der Waals surface area contributed by atoms with Crippen LogP contribution in [-0.2, 0) is 14.8 Å². The molecule has 1 amide bonds. The third kappa shape index (κ3) is 6.77. The van der Waals surface area contributed by atoms with Gasteiger partial charge in [0.25, 0.3) is 15.9 Å². The van der Waals surface area contributed by atoms with Crippen LogP contribution in [0.5, 0.6) is 11.5 Å². The summed E-state index contributed by atoms with van der Waals surface area (Å²) in [7, 11) is -3.74. The van der Waals surface area contributed by atoms with E-state index in [1.165, 1.54) is 24.3 Å². The number of amides is 1. The van der Waals surface area contributed by atoms with Gasteiger partial charge in [0.2, 0.25) is 0 Å². The number of carbonyl (C=O) groups excluding carboxylic acids is 1. The molecule has 0 aliphatic carbocycles. The number of rotatable bonds is 8. The first-order valence-corrected chi connectivity index (χ1v) is 10.4. The molecule has 2 N–H and O–H groups in total. The Bertz CT molecular complexity index is 886. The fourth-order valence-electron chi connectivity index (χ4n) is 2.32. The fourth-order valence-corrected chi connectivity index (χ4v) is 3.38. The number of nitrogens with one attached hydrogen (secondary N) is 2. The van der Waals surface area contributed by atoms with E-state index in [1.807, 2.05) is 27.7 Å². The molecule has 0 heterocycles. The van der Waals surface area contributed by atoms with E-state index < -0.39 is 10.0 Å². The van der Waals surface area contributed by atoms with Crippen LogP contribution in [0.3, 0.4) is 0 Å². The molecule has 0 aromatic heterocycles. The van der Waals surface area contributed by atoms with Gasteiger partial charge in [-0.05, 0) is 76.2 Å². The first-order valence-electron chi connectivity index (χ1n) is 8.88. The van der Waals surface area contributed by atoms with E-state index in [0.29, 0.717) is 23.8 Å². The van der Waals surface area contributed by atoms with Crippen molar-refractivity contribution < 1.29 is 22.7 Å². The molecule has 0 fully saturated rings. The maximum atomic E-state index is 12.5. The van der Waals surface area contributed by atoms with Crippen molar-refractivity contribution in [1.29, 1.82) is 0 Å². The smallest absolute Gasteiger partial charge is 0.261 e. The summed E-state index contributed by atoms with van der Waals surface area (Å²) in [4.78, 5) is 11.9. The maximum Gasteiger partial charge on any atom is 0.261 e. The van der Waals surface area contributed by atoms with E-state index in [1.54, 1.807) is 24.3 Å². The summed E-state index contributed by atoms with van der Waals surface area (Å²) in [5, 5.41) is 2.79. The number of benzene rings is 2. The van der Waals surface area contributed by atoms with Gasteiger partial charge < -0.3 is 14.8 Å². The molecule has 0 unspecified atom stereocenters. The molecule has 28 heavy (non-hydrogen) atoms. The summed E-state index contributed by atoms with van der Waals surface area (Å²) in [5.74, 6) is 0.827. The summed E-state index contributed by atoms with van der Waals surface area (Å²) in [6.07, 6.45) is 0. The van der Waals surface area contributed by atoms with Gasteiger partial charge in [0.15, 0.2) is 6.61 Å². The Morgan fingerprint density at radius 2 is 1.46 bits per heavy atom. The van der Waals surface area contributed by atoms with Gasteiger partial charge in [-0.2, -0.15) is 0 Å². The zero-order chi connectivity index (χ0) is 20.8. The molecule has 7 nitrogen and oxygen atoms in total. The topological polar surface area (TPSA) is 93.7 Å². The van der Waals surface area contributed by atoms with Crippen LogP contribution >= 0.6 is 0 Å². The lowest BCUT2D eigenvalue weighted by Crippen LogP contribution is -2.43. The van der Waals surface area contributed by atoms with E-state index in [0.717, 1.165) is 0 Å². The highest BCUT2D eigenvalue weighted by Gasteiger charge is 2.16. The second kappa shape index (κ2) is 8.97. The number of ether oxygens (including phenoxy) is 2. The average molecular weight is 407 g/mol.